The lowest BCUT2D eigenvalue weighted by atomic mass is 9.89. The van der Waals surface area contributed by atoms with Gasteiger partial charge in [-0.05, 0) is 31.6 Å². The second-order valence-corrected chi connectivity index (χ2v) is 5.10. The zero-order valence-corrected chi connectivity index (χ0v) is 9.84. The van der Waals surface area contributed by atoms with Crippen LogP contribution < -0.4 is 4.90 Å². The van der Waals surface area contributed by atoms with Crippen LogP contribution in [0, 0.1) is 5.92 Å². The first-order chi connectivity index (χ1) is 7.88. The van der Waals surface area contributed by atoms with Gasteiger partial charge in [-0.3, -0.25) is 4.98 Å². The maximum atomic E-state index is 4.46. The third kappa shape index (κ3) is 1.58. The van der Waals surface area contributed by atoms with Gasteiger partial charge in [0.15, 0.2) is 0 Å². The minimum absolute atomic E-state index is 0.723. The van der Waals surface area contributed by atoms with E-state index in [0.29, 0.717) is 0 Å². The highest BCUT2D eigenvalue weighted by Crippen LogP contribution is 2.41. The van der Waals surface area contributed by atoms with Gasteiger partial charge < -0.3 is 4.90 Å². The minimum Gasteiger partial charge on any atom is -0.349 e. The molecule has 0 spiro atoms. The molecule has 2 aliphatic rings. The Hall–Kier alpha value is -1.12. The summed E-state index contributed by atoms with van der Waals surface area (Å²) in [5, 5.41) is 0. The van der Waals surface area contributed by atoms with Gasteiger partial charge in [-0.25, -0.2) is 4.98 Å². The molecule has 0 amide bonds. The van der Waals surface area contributed by atoms with Crippen LogP contribution in [-0.4, -0.2) is 22.1 Å². The summed E-state index contributed by atoms with van der Waals surface area (Å²) in [7, 11) is 0. The van der Waals surface area contributed by atoms with Crippen LogP contribution in [0.2, 0.25) is 0 Å². The second kappa shape index (κ2) is 4.04. The van der Waals surface area contributed by atoms with E-state index in [0.717, 1.165) is 23.8 Å². The van der Waals surface area contributed by atoms with Crippen molar-refractivity contribution in [1.82, 2.24) is 9.97 Å². The molecule has 2 atom stereocenters. The molecule has 2 bridgehead atoms. The van der Waals surface area contributed by atoms with E-state index in [1.54, 1.807) is 12.4 Å². The number of piperidine rings is 1. The number of rotatable bonds is 2. The topological polar surface area (TPSA) is 29.0 Å². The smallest absolute Gasteiger partial charge is 0.147 e. The molecule has 0 saturated carbocycles. The highest BCUT2D eigenvalue weighted by Gasteiger charge is 2.40. The number of fused-ring (bicyclic) bond motifs is 2. The van der Waals surface area contributed by atoms with Crippen LogP contribution in [0.15, 0.2) is 18.6 Å². The molecule has 16 heavy (non-hydrogen) atoms. The normalized spacial score (nSPS) is 33.1. The van der Waals surface area contributed by atoms with Crippen LogP contribution in [0.5, 0.6) is 0 Å². The molecule has 1 aromatic rings. The Labute approximate surface area is 96.9 Å². The maximum absolute atomic E-state index is 4.46. The maximum Gasteiger partial charge on any atom is 0.147 e. The zero-order valence-electron chi connectivity index (χ0n) is 9.84. The molecule has 0 radical (unpaired) electrons. The van der Waals surface area contributed by atoms with Crippen molar-refractivity contribution in [1.29, 1.82) is 0 Å². The van der Waals surface area contributed by atoms with E-state index >= 15 is 0 Å². The van der Waals surface area contributed by atoms with Crippen LogP contribution in [0.1, 0.15) is 39.0 Å². The Bertz CT molecular complexity index is 337. The van der Waals surface area contributed by atoms with Crippen molar-refractivity contribution in [2.75, 3.05) is 4.90 Å². The monoisotopic (exact) mass is 217 g/mol. The van der Waals surface area contributed by atoms with Gasteiger partial charge in [0.1, 0.15) is 5.82 Å². The van der Waals surface area contributed by atoms with Crippen molar-refractivity contribution in [2.45, 2.75) is 51.1 Å². The van der Waals surface area contributed by atoms with E-state index in [1.807, 2.05) is 6.20 Å². The first-order valence-corrected chi connectivity index (χ1v) is 6.43. The van der Waals surface area contributed by atoms with Gasteiger partial charge in [0.2, 0.25) is 0 Å². The van der Waals surface area contributed by atoms with Crippen molar-refractivity contribution < 1.29 is 0 Å². The van der Waals surface area contributed by atoms with E-state index in [9.17, 15) is 0 Å². The van der Waals surface area contributed by atoms with E-state index < -0.39 is 0 Å². The summed E-state index contributed by atoms with van der Waals surface area (Å²) in [6, 6.07) is 1.45. The molecule has 1 aromatic heterocycles. The van der Waals surface area contributed by atoms with E-state index in [4.69, 9.17) is 0 Å². The average Bonchev–Trinajstić information content (AvgIpc) is 2.61. The van der Waals surface area contributed by atoms with Gasteiger partial charge >= 0.3 is 0 Å². The van der Waals surface area contributed by atoms with Crippen LogP contribution in [0.25, 0.3) is 0 Å². The lowest BCUT2D eigenvalue weighted by molar-refractivity contribution is 0.330. The summed E-state index contributed by atoms with van der Waals surface area (Å²) in [6.07, 6.45) is 12.2. The fourth-order valence-electron chi connectivity index (χ4n) is 3.42. The highest BCUT2D eigenvalue weighted by molar-refractivity contribution is 5.41. The van der Waals surface area contributed by atoms with Crippen LogP contribution in [0.4, 0.5) is 5.82 Å². The first-order valence-electron chi connectivity index (χ1n) is 6.43. The number of hydrogen-bond donors (Lipinski definition) is 0. The van der Waals surface area contributed by atoms with Gasteiger partial charge in [-0.15, -0.1) is 0 Å². The molecule has 2 fully saturated rings. The molecule has 3 heteroatoms. The number of anilines is 1. The summed E-state index contributed by atoms with van der Waals surface area (Å²) in [5.74, 6) is 2.02. The quantitative estimate of drug-likeness (QED) is 0.762. The molecule has 3 nitrogen and oxygen atoms in total. The molecule has 0 aliphatic carbocycles. The summed E-state index contributed by atoms with van der Waals surface area (Å²) >= 11 is 0. The molecule has 0 aromatic carbocycles. The standard InChI is InChI=1S/C13H19N3/c1-2-10-7-11-3-4-12(8-10)16(11)13-9-14-5-6-15-13/h5-6,9-12H,2-4,7-8H2,1H3. The van der Waals surface area contributed by atoms with Crippen molar-refractivity contribution in [3.8, 4) is 0 Å². The molecule has 3 heterocycles. The van der Waals surface area contributed by atoms with Crippen LogP contribution >= 0.6 is 0 Å². The summed E-state index contributed by atoms with van der Waals surface area (Å²) in [4.78, 5) is 11.2. The van der Waals surface area contributed by atoms with Gasteiger partial charge in [-0.1, -0.05) is 13.3 Å². The Morgan fingerprint density at radius 1 is 1.25 bits per heavy atom. The van der Waals surface area contributed by atoms with Gasteiger partial charge in [0.05, 0.1) is 6.20 Å². The molecule has 86 valence electrons. The second-order valence-electron chi connectivity index (χ2n) is 5.10. The number of nitrogens with zero attached hydrogens (tertiary/aromatic N) is 3. The Morgan fingerprint density at radius 3 is 2.56 bits per heavy atom. The largest absolute Gasteiger partial charge is 0.349 e. The van der Waals surface area contributed by atoms with E-state index in [-0.39, 0.29) is 0 Å². The van der Waals surface area contributed by atoms with E-state index in [2.05, 4.69) is 21.8 Å². The first kappa shape index (κ1) is 10.1. The third-order valence-corrected chi connectivity index (χ3v) is 4.22. The molecule has 2 aliphatic heterocycles. The van der Waals surface area contributed by atoms with Gasteiger partial charge in [0, 0.05) is 24.5 Å². The molecular weight excluding hydrogens is 198 g/mol. The lowest BCUT2D eigenvalue weighted by Gasteiger charge is -2.39. The highest BCUT2D eigenvalue weighted by atomic mass is 15.3. The number of aromatic nitrogens is 2. The molecule has 2 unspecified atom stereocenters. The van der Waals surface area contributed by atoms with Crippen molar-refractivity contribution >= 4 is 5.82 Å². The summed E-state index contributed by atoms with van der Waals surface area (Å²) in [6.45, 7) is 2.32. The Kier molecular flexibility index (Phi) is 2.54. The molecule has 0 N–H and O–H groups in total. The predicted octanol–water partition coefficient (Wildman–Crippen LogP) is 2.63. The molecule has 3 rings (SSSR count). The predicted molar refractivity (Wildman–Crippen MR) is 64.3 cm³/mol. The van der Waals surface area contributed by atoms with Crippen molar-refractivity contribution in [2.24, 2.45) is 5.92 Å². The van der Waals surface area contributed by atoms with Crippen molar-refractivity contribution in [3.05, 3.63) is 18.6 Å². The lowest BCUT2D eigenvalue weighted by Crippen LogP contribution is -2.43. The van der Waals surface area contributed by atoms with Gasteiger partial charge in [0.25, 0.3) is 0 Å². The Morgan fingerprint density at radius 2 is 2.00 bits per heavy atom. The zero-order chi connectivity index (χ0) is 11.0. The Balaban J connectivity index is 1.84. The summed E-state index contributed by atoms with van der Waals surface area (Å²) in [5.41, 5.74) is 0. The molecule has 2 saturated heterocycles. The fourth-order valence-corrected chi connectivity index (χ4v) is 3.42. The van der Waals surface area contributed by atoms with E-state index in [1.165, 1.54) is 32.1 Å². The fraction of sp³-hybridized carbons (Fsp3) is 0.692. The molecular formula is C13H19N3. The van der Waals surface area contributed by atoms with Crippen LogP contribution in [-0.2, 0) is 0 Å². The van der Waals surface area contributed by atoms with Crippen LogP contribution in [0.3, 0.4) is 0 Å². The number of hydrogen-bond acceptors (Lipinski definition) is 3. The SMILES string of the molecule is CCC1CC2CCC(C1)N2c1cnccn1. The summed E-state index contributed by atoms with van der Waals surface area (Å²) < 4.78 is 0. The van der Waals surface area contributed by atoms with Crippen molar-refractivity contribution in [3.63, 3.8) is 0 Å². The van der Waals surface area contributed by atoms with Gasteiger partial charge in [-0.2, -0.15) is 0 Å². The minimum atomic E-state index is 0.723. The average molecular weight is 217 g/mol. The third-order valence-electron chi connectivity index (χ3n) is 4.22.